The molecule has 0 heterocycles. The fraction of sp³-hybridized carbons (Fsp3) is 1.00. The fourth-order valence-electron chi connectivity index (χ4n) is 1.68. The summed E-state index contributed by atoms with van der Waals surface area (Å²) in [5, 5.41) is 0. The van der Waals surface area contributed by atoms with Crippen LogP contribution < -0.4 is 0 Å². The Morgan fingerprint density at radius 1 is 0.714 bits per heavy atom. The van der Waals surface area contributed by atoms with E-state index in [2.05, 4.69) is 6.92 Å². The molecule has 0 spiro atoms. The van der Waals surface area contributed by atoms with E-state index in [4.69, 9.17) is 0 Å². The van der Waals surface area contributed by atoms with E-state index in [0.29, 0.717) is 0 Å². The molecule has 0 saturated carbocycles. The van der Waals surface area contributed by atoms with Crippen molar-refractivity contribution in [1.82, 2.24) is 0 Å². The van der Waals surface area contributed by atoms with Crippen molar-refractivity contribution in [2.45, 2.75) is 75.6 Å². The van der Waals surface area contributed by atoms with Gasteiger partial charge < -0.3 is 0 Å². The average Bonchev–Trinajstić information content (AvgIpc) is 2.21. The Labute approximate surface area is 99.6 Å². The van der Waals surface area contributed by atoms with Crippen LogP contribution in [0.2, 0.25) is 4.44 Å². The number of rotatable bonds is 11. The van der Waals surface area contributed by atoms with Gasteiger partial charge in [0.05, 0.1) is 0 Å². The Bertz CT molecular complexity index is 115. The third-order valence-electron chi connectivity index (χ3n) is 2.63. The third kappa shape index (κ3) is 12.6. The van der Waals surface area contributed by atoms with E-state index in [-0.39, 0.29) is 0 Å². The van der Waals surface area contributed by atoms with Gasteiger partial charge in [-0.3, -0.25) is 0 Å². The van der Waals surface area contributed by atoms with E-state index in [1.165, 1.54) is 64.2 Å². The molecule has 0 unspecified atom stereocenters. The van der Waals surface area contributed by atoms with E-state index in [0.717, 1.165) is 4.44 Å². The zero-order chi connectivity index (χ0) is 10.5. The van der Waals surface area contributed by atoms with Crippen LogP contribution in [0.3, 0.4) is 0 Å². The van der Waals surface area contributed by atoms with Crippen LogP contribution in [-0.2, 0) is 3.08 Å². The van der Waals surface area contributed by atoms with Crippen LogP contribution in [0.5, 0.6) is 0 Å². The number of hydrogen-bond acceptors (Lipinski definition) is 1. The van der Waals surface area contributed by atoms with Crippen LogP contribution in [0.1, 0.15) is 71.1 Å². The summed E-state index contributed by atoms with van der Waals surface area (Å²) >= 11 is -1.12. The molecule has 0 amide bonds. The molecule has 1 nitrogen and oxygen atoms in total. The first-order valence-electron chi connectivity index (χ1n) is 6.26. The molecule has 0 aromatic rings. The second-order valence-corrected chi connectivity index (χ2v) is 6.33. The van der Waals surface area contributed by atoms with Gasteiger partial charge in [0.15, 0.2) is 0 Å². The predicted molar refractivity (Wildman–Crippen MR) is 63.1 cm³/mol. The van der Waals surface area contributed by atoms with Crippen molar-refractivity contribution in [3.05, 3.63) is 0 Å². The molecule has 0 aliphatic carbocycles. The first-order valence-corrected chi connectivity index (χ1v) is 9.45. The Hall–Kier alpha value is 0.599. The van der Waals surface area contributed by atoms with Crippen molar-refractivity contribution < 1.29 is 3.08 Å². The number of unbranched alkanes of at least 4 members (excludes halogenated alkanes) is 9. The standard InChI is InChI=1S/C12H25.O.Sn/c1-3-5-7-9-11-12-10-8-6-4-2;;/h1,3-12H2,2H3;;. The molecule has 0 saturated heterocycles. The van der Waals surface area contributed by atoms with Crippen molar-refractivity contribution in [2.24, 2.45) is 0 Å². The van der Waals surface area contributed by atoms with Gasteiger partial charge in [0.1, 0.15) is 0 Å². The van der Waals surface area contributed by atoms with Gasteiger partial charge in [-0.25, -0.2) is 0 Å². The number of hydrogen-bond donors (Lipinski definition) is 0. The topological polar surface area (TPSA) is 17.1 Å². The SMILES string of the molecule is CCCCCCCCCCC[CH2][Sn]=[O]. The van der Waals surface area contributed by atoms with Crippen molar-refractivity contribution >= 4 is 21.1 Å². The summed E-state index contributed by atoms with van der Waals surface area (Å²) in [6, 6.07) is 0. The molecular weight excluding hydrogens is 279 g/mol. The molecule has 2 heteroatoms. The van der Waals surface area contributed by atoms with E-state index in [1.54, 1.807) is 0 Å². The molecule has 1 radical (unpaired) electrons. The van der Waals surface area contributed by atoms with E-state index in [1.807, 2.05) is 0 Å². The van der Waals surface area contributed by atoms with E-state index < -0.39 is 21.1 Å². The maximum atomic E-state index is 10.3. The van der Waals surface area contributed by atoms with Gasteiger partial charge in [-0.15, -0.1) is 0 Å². The Kier molecular flexibility index (Phi) is 14.2. The van der Waals surface area contributed by atoms with Gasteiger partial charge in [-0.2, -0.15) is 0 Å². The van der Waals surface area contributed by atoms with Crippen LogP contribution in [-0.4, -0.2) is 21.1 Å². The van der Waals surface area contributed by atoms with Crippen LogP contribution in [0.4, 0.5) is 0 Å². The minimum absolute atomic E-state index is 1.06. The second-order valence-electron chi connectivity index (χ2n) is 4.08. The average molecular weight is 304 g/mol. The van der Waals surface area contributed by atoms with Crippen molar-refractivity contribution in [3.8, 4) is 0 Å². The van der Waals surface area contributed by atoms with Crippen LogP contribution in [0.25, 0.3) is 0 Å². The third-order valence-corrected chi connectivity index (χ3v) is 4.22. The molecule has 0 bridgehead atoms. The molecule has 14 heavy (non-hydrogen) atoms. The summed E-state index contributed by atoms with van der Waals surface area (Å²) in [6.45, 7) is 2.26. The predicted octanol–water partition coefficient (Wildman–Crippen LogP) is 4.38. The monoisotopic (exact) mass is 305 g/mol. The van der Waals surface area contributed by atoms with Crippen LogP contribution >= 0.6 is 0 Å². The van der Waals surface area contributed by atoms with Gasteiger partial charge in [0.2, 0.25) is 0 Å². The summed E-state index contributed by atoms with van der Waals surface area (Å²) < 4.78 is 11.4. The molecule has 0 N–H and O–H groups in total. The Morgan fingerprint density at radius 3 is 1.57 bits per heavy atom. The molecule has 0 aromatic carbocycles. The van der Waals surface area contributed by atoms with Crippen molar-refractivity contribution in [1.29, 1.82) is 0 Å². The van der Waals surface area contributed by atoms with Gasteiger partial charge in [0.25, 0.3) is 0 Å². The minimum atomic E-state index is -1.12. The molecule has 0 aromatic heterocycles. The fourth-order valence-corrected chi connectivity index (χ4v) is 2.81. The van der Waals surface area contributed by atoms with Gasteiger partial charge in [-0.1, -0.05) is 0 Å². The maximum absolute atomic E-state index is 10.3. The summed E-state index contributed by atoms with van der Waals surface area (Å²) in [5.41, 5.74) is 0. The Morgan fingerprint density at radius 2 is 1.14 bits per heavy atom. The first-order chi connectivity index (χ1) is 6.91. The van der Waals surface area contributed by atoms with Crippen LogP contribution in [0.15, 0.2) is 0 Å². The molecule has 83 valence electrons. The summed E-state index contributed by atoms with van der Waals surface area (Å²) in [6.07, 6.45) is 13.8. The van der Waals surface area contributed by atoms with Crippen molar-refractivity contribution in [3.63, 3.8) is 0 Å². The molecule has 0 rings (SSSR count). The van der Waals surface area contributed by atoms with Gasteiger partial charge in [-0.05, 0) is 0 Å². The molecule has 0 aliphatic heterocycles. The van der Waals surface area contributed by atoms with E-state index >= 15 is 0 Å². The zero-order valence-electron chi connectivity index (χ0n) is 9.69. The summed E-state index contributed by atoms with van der Waals surface area (Å²) in [7, 11) is 0. The van der Waals surface area contributed by atoms with Crippen LogP contribution in [0, 0.1) is 0 Å². The quantitative estimate of drug-likeness (QED) is 0.409. The summed E-state index contributed by atoms with van der Waals surface area (Å²) in [5.74, 6) is 0. The second kappa shape index (κ2) is 13.6. The molecular formula is C12H25OSn. The molecule has 0 aliphatic rings. The Balaban J connectivity index is 2.81. The zero-order valence-corrected chi connectivity index (χ0v) is 12.5. The van der Waals surface area contributed by atoms with Gasteiger partial charge >= 0.3 is 99.8 Å². The normalized spacial score (nSPS) is 10.4. The molecule has 0 atom stereocenters. The molecule has 0 fully saturated rings. The summed E-state index contributed by atoms with van der Waals surface area (Å²) in [4.78, 5) is 0. The first kappa shape index (κ1) is 14.6. The van der Waals surface area contributed by atoms with Gasteiger partial charge in [0, 0.05) is 0 Å². The van der Waals surface area contributed by atoms with Crippen molar-refractivity contribution in [2.75, 3.05) is 0 Å². The van der Waals surface area contributed by atoms with E-state index in [9.17, 15) is 3.08 Å².